The second kappa shape index (κ2) is 13.2. The molecule has 2 aliphatic heterocycles. The molecule has 7 rings (SSSR count). The Kier molecular flexibility index (Phi) is 9.01. The van der Waals surface area contributed by atoms with E-state index in [4.69, 9.17) is 33.2 Å². The minimum absolute atomic E-state index is 0.0721. The summed E-state index contributed by atoms with van der Waals surface area (Å²) in [4.78, 5) is 13.0. The minimum atomic E-state index is -0.128. The van der Waals surface area contributed by atoms with Crippen LogP contribution in [0.3, 0.4) is 0 Å². The van der Waals surface area contributed by atoms with Crippen molar-refractivity contribution in [1.82, 2.24) is 0 Å². The summed E-state index contributed by atoms with van der Waals surface area (Å²) in [5.74, 6) is 1.48. The Morgan fingerprint density at radius 2 is 1.23 bits per heavy atom. The number of rotatable bonds is 13. The Labute approximate surface area is 254 Å². The molecule has 2 aromatic rings. The van der Waals surface area contributed by atoms with Gasteiger partial charge < -0.3 is 33.2 Å². The lowest BCUT2D eigenvalue weighted by Gasteiger charge is -2.28. The maximum atomic E-state index is 13.0. The van der Waals surface area contributed by atoms with Gasteiger partial charge >= 0.3 is 5.97 Å². The topological polar surface area (TPSA) is 88.3 Å². The van der Waals surface area contributed by atoms with Crippen molar-refractivity contribution in [3.8, 4) is 22.6 Å². The van der Waals surface area contributed by atoms with E-state index < -0.39 is 0 Å². The van der Waals surface area contributed by atoms with Gasteiger partial charge in [-0.05, 0) is 104 Å². The fourth-order valence-corrected chi connectivity index (χ4v) is 6.95. The van der Waals surface area contributed by atoms with Crippen molar-refractivity contribution in [3.05, 3.63) is 47.5 Å². The van der Waals surface area contributed by atoms with Crippen molar-refractivity contribution in [3.63, 3.8) is 0 Å². The number of hydrogen-bond acceptors (Lipinski definition) is 8. The first-order valence-electron chi connectivity index (χ1n) is 16.3. The van der Waals surface area contributed by atoms with Crippen molar-refractivity contribution in [2.45, 2.75) is 101 Å². The van der Waals surface area contributed by atoms with Gasteiger partial charge in [-0.3, -0.25) is 4.79 Å². The Hall–Kier alpha value is -2.49. The van der Waals surface area contributed by atoms with E-state index in [1.165, 1.54) is 22.3 Å². The molecule has 3 aliphatic carbocycles. The third kappa shape index (κ3) is 7.26. The van der Waals surface area contributed by atoms with Gasteiger partial charge in [-0.15, -0.1) is 0 Å². The van der Waals surface area contributed by atoms with E-state index >= 15 is 0 Å². The van der Waals surface area contributed by atoms with Crippen molar-refractivity contribution in [2.75, 3.05) is 33.2 Å². The fourth-order valence-electron chi connectivity index (χ4n) is 6.95. The highest BCUT2D eigenvalue weighted by molar-refractivity contribution is 5.81. The summed E-state index contributed by atoms with van der Waals surface area (Å²) in [5, 5.41) is 0. The number of carbonyl (C=O) groups is 1. The molecule has 2 saturated carbocycles. The molecular formula is C35H44O8. The zero-order valence-corrected chi connectivity index (χ0v) is 25.2. The van der Waals surface area contributed by atoms with E-state index in [-0.39, 0.29) is 42.9 Å². The first-order valence-corrected chi connectivity index (χ1v) is 16.3. The van der Waals surface area contributed by atoms with Crippen LogP contribution >= 0.6 is 0 Å². The predicted molar refractivity (Wildman–Crippen MR) is 159 cm³/mol. The first-order chi connectivity index (χ1) is 21.1. The van der Waals surface area contributed by atoms with Crippen LogP contribution in [0.4, 0.5) is 0 Å². The van der Waals surface area contributed by atoms with E-state index in [2.05, 4.69) is 31.2 Å². The molecule has 3 atom stereocenters. The molecule has 5 aliphatic rings. The van der Waals surface area contributed by atoms with Crippen LogP contribution in [0.25, 0.3) is 11.1 Å². The number of ether oxygens (including phenoxy) is 7. The van der Waals surface area contributed by atoms with E-state index in [1.54, 1.807) is 0 Å². The molecule has 2 aromatic carbocycles. The number of esters is 1. The molecule has 43 heavy (non-hydrogen) atoms. The van der Waals surface area contributed by atoms with Crippen LogP contribution in [0.5, 0.6) is 11.5 Å². The molecule has 8 heteroatoms. The maximum Gasteiger partial charge on any atom is 0.314 e. The molecule has 2 heterocycles. The lowest BCUT2D eigenvalue weighted by Crippen LogP contribution is -2.29. The number of hydrogen-bond donors (Lipinski definition) is 0. The van der Waals surface area contributed by atoms with Crippen LogP contribution in [0.1, 0.15) is 81.8 Å². The Balaban J connectivity index is 0.901. The number of carbonyl (C=O) groups excluding carboxylic acids is 1. The molecule has 8 nitrogen and oxygen atoms in total. The molecule has 0 bridgehead atoms. The number of fused-ring (bicyclic) bond motifs is 3. The maximum absolute atomic E-state index is 13.0. The van der Waals surface area contributed by atoms with Gasteiger partial charge in [-0.1, -0.05) is 19.1 Å². The Bertz CT molecular complexity index is 1250. The molecule has 0 N–H and O–H groups in total. The zero-order chi connectivity index (χ0) is 29.2. The van der Waals surface area contributed by atoms with Crippen LogP contribution in [-0.2, 0) is 28.5 Å². The van der Waals surface area contributed by atoms with Crippen LogP contribution in [0.15, 0.2) is 36.4 Å². The highest BCUT2D eigenvalue weighted by atomic mass is 16.7. The second-order valence-corrected chi connectivity index (χ2v) is 12.8. The predicted octanol–water partition coefficient (Wildman–Crippen LogP) is 6.17. The summed E-state index contributed by atoms with van der Waals surface area (Å²) in [6.07, 6.45) is 9.76. The molecule has 0 aromatic heterocycles. The molecule has 232 valence electrons. The molecular weight excluding hydrogens is 548 g/mol. The molecule has 0 spiro atoms. The van der Waals surface area contributed by atoms with Gasteiger partial charge in [0.2, 0.25) is 0 Å². The third-order valence-corrected chi connectivity index (χ3v) is 9.71. The highest BCUT2D eigenvalue weighted by Gasteiger charge is 2.32. The summed E-state index contributed by atoms with van der Waals surface area (Å²) in [6, 6.07) is 12.4. The van der Waals surface area contributed by atoms with Crippen molar-refractivity contribution < 1.29 is 38.0 Å². The lowest BCUT2D eigenvalue weighted by atomic mass is 9.87. The van der Waals surface area contributed by atoms with Crippen LogP contribution in [0.2, 0.25) is 0 Å². The van der Waals surface area contributed by atoms with Crippen molar-refractivity contribution in [1.29, 1.82) is 0 Å². The number of epoxide rings is 2. The van der Waals surface area contributed by atoms with E-state index in [0.29, 0.717) is 24.6 Å². The van der Waals surface area contributed by atoms with Gasteiger partial charge in [0.15, 0.2) is 6.79 Å². The minimum Gasteiger partial charge on any atom is -0.468 e. The second-order valence-electron chi connectivity index (χ2n) is 12.8. The fraction of sp³-hybridized carbons (Fsp3) is 0.629. The molecule has 3 unspecified atom stereocenters. The van der Waals surface area contributed by atoms with E-state index in [9.17, 15) is 4.79 Å². The van der Waals surface area contributed by atoms with Gasteiger partial charge in [0.25, 0.3) is 0 Å². The SMILES string of the molecule is CCC1c2cc(OCOC3CCC(OCC4CO4)CC3)ccc2-c2ccc(OC(=O)C3CCC(OCC4CO4)CC3)cc21. The van der Waals surface area contributed by atoms with Gasteiger partial charge in [-0.2, -0.15) is 0 Å². The summed E-state index contributed by atoms with van der Waals surface area (Å²) >= 11 is 0. The monoisotopic (exact) mass is 592 g/mol. The average Bonchev–Trinajstić information content (AvgIpc) is 3.98. The average molecular weight is 593 g/mol. The molecule has 0 radical (unpaired) electrons. The molecule has 4 fully saturated rings. The van der Waals surface area contributed by atoms with Crippen molar-refractivity contribution in [2.24, 2.45) is 5.92 Å². The summed E-state index contributed by atoms with van der Waals surface area (Å²) in [6.45, 7) is 5.50. The summed E-state index contributed by atoms with van der Waals surface area (Å²) in [7, 11) is 0. The van der Waals surface area contributed by atoms with Gasteiger partial charge in [0.1, 0.15) is 23.7 Å². The standard InChI is InChI=1S/C35H44O8/c1-2-30-33-15-26(42-21-41-25-9-7-24(8-10-25)38-18-29-20-40-29)11-13-31(33)32-14-12-27(16-34(30)32)43-35(36)22-3-5-23(6-4-22)37-17-28-19-39-28/h11-16,22-25,28-30H,2-10,17-21H2,1H3. The third-order valence-electron chi connectivity index (χ3n) is 9.71. The Morgan fingerprint density at radius 3 is 1.79 bits per heavy atom. The largest absolute Gasteiger partial charge is 0.468 e. The first kappa shape index (κ1) is 29.2. The van der Waals surface area contributed by atoms with E-state index in [0.717, 1.165) is 83.4 Å². The van der Waals surface area contributed by atoms with Gasteiger partial charge in [0, 0.05) is 5.92 Å². The van der Waals surface area contributed by atoms with Gasteiger partial charge in [0.05, 0.1) is 50.7 Å². The van der Waals surface area contributed by atoms with Crippen molar-refractivity contribution >= 4 is 5.97 Å². The number of benzene rings is 2. The van der Waals surface area contributed by atoms with Crippen LogP contribution < -0.4 is 9.47 Å². The summed E-state index contributed by atoms with van der Waals surface area (Å²) < 4.78 is 40.4. The zero-order valence-electron chi connectivity index (χ0n) is 25.2. The molecule has 0 amide bonds. The lowest BCUT2D eigenvalue weighted by molar-refractivity contribution is -0.141. The van der Waals surface area contributed by atoms with Gasteiger partial charge in [-0.25, -0.2) is 0 Å². The van der Waals surface area contributed by atoms with E-state index in [1.807, 2.05) is 12.1 Å². The van der Waals surface area contributed by atoms with Crippen LogP contribution in [0, 0.1) is 5.92 Å². The quantitative estimate of drug-likeness (QED) is 0.118. The van der Waals surface area contributed by atoms with Crippen LogP contribution in [-0.4, -0.2) is 69.7 Å². The smallest absolute Gasteiger partial charge is 0.314 e. The Morgan fingerprint density at radius 1 is 0.721 bits per heavy atom. The normalized spacial score (nSPS) is 30.8. The summed E-state index contributed by atoms with van der Waals surface area (Å²) in [5.41, 5.74) is 4.89. The highest BCUT2D eigenvalue weighted by Crippen LogP contribution is 2.48. The molecule has 2 saturated heterocycles.